The molecule has 10 nitrogen and oxygen atoms in total. The Morgan fingerprint density at radius 1 is 1.21 bits per heavy atom. The molecule has 1 N–H and O–H groups in total. The summed E-state index contributed by atoms with van der Waals surface area (Å²) >= 11 is 1.18. The van der Waals surface area contributed by atoms with Crippen LogP contribution in [0.3, 0.4) is 0 Å². The fraction of sp³-hybridized carbons (Fsp3) is 0.667. The van der Waals surface area contributed by atoms with Crippen LogP contribution in [-0.2, 0) is 14.6 Å². The summed E-state index contributed by atoms with van der Waals surface area (Å²) in [6.07, 6.45) is 4.07. The van der Waals surface area contributed by atoms with E-state index < -0.39 is 26.3 Å². The van der Waals surface area contributed by atoms with Crippen molar-refractivity contribution in [1.82, 2.24) is 24.4 Å². The highest BCUT2D eigenvalue weighted by Crippen LogP contribution is 2.41. The molecule has 0 radical (unpaired) electrons. The van der Waals surface area contributed by atoms with Gasteiger partial charge in [-0.1, -0.05) is 11.8 Å². The lowest BCUT2D eigenvalue weighted by Crippen LogP contribution is -2.44. The SMILES string of the molecule is CCN(C(=O)[C@@H](C)Sc1nc(C2CC2)nc2c1c(=O)[nH]c(=O)n2C1CC1)[C@@H]1CCS(=O)(=O)C1. The summed E-state index contributed by atoms with van der Waals surface area (Å²) in [5.74, 6) is 0.713. The number of rotatable bonds is 7. The first-order chi connectivity index (χ1) is 15.7. The van der Waals surface area contributed by atoms with E-state index in [9.17, 15) is 22.8 Å². The topological polar surface area (TPSA) is 135 Å². The third kappa shape index (κ3) is 4.34. The summed E-state index contributed by atoms with van der Waals surface area (Å²) < 4.78 is 25.4. The molecule has 3 heterocycles. The lowest BCUT2D eigenvalue weighted by atomic mass is 10.2. The molecule has 2 aromatic rings. The predicted octanol–water partition coefficient (Wildman–Crippen LogP) is 1.21. The maximum absolute atomic E-state index is 13.3. The Morgan fingerprint density at radius 3 is 2.52 bits per heavy atom. The zero-order valence-electron chi connectivity index (χ0n) is 18.6. The van der Waals surface area contributed by atoms with Crippen molar-refractivity contribution in [2.24, 2.45) is 0 Å². The number of amides is 1. The van der Waals surface area contributed by atoms with E-state index in [1.54, 1.807) is 16.4 Å². The molecule has 0 unspecified atom stereocenters. The van der Waals surface area contributed by atoms with E-state index in [1.165, 1.54) is 11.8 Å². The molecular formula is C21H27N5O5S2. The van der Waals surface area contributed by atoms with E-state index in [0.29, 0.717) is 29.5 Å². The summed E-state index contributed by atoms with van der Waals surface area (Å²) in [6.45, 7) is 3.99. The molecule has 1 amide bonds. The summed E-state index contributed by atoms with van der Waals surface area (Å²) in [7, 11) is -3.12. The van der Waals surface area contributed by atoms with Crippen molar-refractivity contribution >= 4 is 38.5 Å². The quantitative estimate of drug-likeness (QED) is 0.449. The smallest absolute Gasteiger partial charge is 0.330 e. The van der Waals surface area contributed by atoms with Gasteiger partial charge in [0.2, 0.25) is 5.91 Å². The molecule has 12 heteroatoms. The standard InChI is InChI=1S/C21H27N5O5S2/c1-3-25(14-8-9-33(30,31)10-14)20(28)11(2)32-19-15-17(22-16(23-19)12-4-5-12)26(13-6-7-13)21(29)24-18(15)27/h11-14H,3-10H2,1-2H3,(H,24,27,29)/t11-,14-/m1/s1. The van der Waals surface area contributed by atoms with E-state index in [0.717, 1.165) is 25.7 Å². The third-order valence-electron chi connectivity index (χ3n) is 6.53. The molecule has 2 aliphatic carbocycles. The van der Waals surface area contributed by atoms with Crippen LogP contribution in [0.25, 0.3) is 11.0 Å². The van der Waals surface area contributed by atoms with Crippen molar-refractivity contribution in [2.75, 3.05) is 18.1 Å². The maximum Gasteiger partial charge on any atom is 0.330 e. The molecule has 33 heavy (non-hydrogen) atoms. The van der Waals surface area contributed by atoms with Gasteiger partial charge < -0.3 is 4.90 Å². The van der Waals surface area contributed by atoms with E-state index in [4.69, 9.17) is 0 Å². The Kier molecular flexibility index (Phi) is 5.63. The Bertz CT molecular complexity index is 1340. The summed E-state index contributed by atoms with van der Waals surface area (Å²) in [6, 6.07) is -0.307. The number of nitrogens with one attached hydrogen (secondary N) is 1. The van der Waals surface area contributed by atoms with E-state index in [1.807, 2.05) is 6.92 Å². The van der Waals surface area contributed by atoms with Gasteiger partial charge in [0.15, 0.2) is 15.5 Å². The second kappa shape index (κ2) is 8.23. The van der Waals surface area contributed by atoms with Gasteiger partial charge in [-0.2, -0.15) is 0 Å². The van der Waals surface area contributed by atoms with Crippen molar-refractivity contribution in [1.29, 1.82) is 0 Å². The molecule has 2 aromatic heterocycles. The number of nitrogens with zero attached hydrogens (tertiary/aromatic N) is 4. The molecule has 1 aliphatic heterocycles. The second-order valence-electron chi connectivity index (χ2n) is 9.16. The van der Waals surface area contributed by atoms with Gasteiger partial charge >= 0.3 is 5.69 Å². The summed E-state index contributed by atoms with van der Waals surface area (Å²) in [5.41, 5.74) is -0.666. The monoisotopic (exact) mass is 493 g/mol. The fourth-order valence-corrected chi connectivity index (χ4v) is 7.23. The molecular weight excluding hydrogens is 466 g/mol. The highest BCUT2D eigenvalue weighted by Gasteiger charge is 2.37. The molecule has 1 saturated heterocycles. The number of aromatic amines is 1. The molecule has 178 valence electrons. The van der Waals surface area contributed by atoms with Crippen LogP contribution in [0.2, 0.25) is 0 Å². The van der Waals surface area contributed by atoms with Gasteiger partial charge in [0.1, 0.15) is 16.2 Å². The van der Waals surface area contributed by atoms with Gasteiger partial charge in [-0.25, -0.2) is 23.2 Å². The number of carbonyl (C=O) groups excluding carboxylic acids is 1. The molecule has 5 rings (SSSR count). The first-order valence-electron chi connectivity index (χ1n) is 11.4. The lowest BCUT2D eigenvalue weighted by Gasteiger charge is -2.29. The number of fused-ring (bicyclic) bond motifs is 1. The average molecular weight is 494 g/mol. The van der Waals surface area contributed by atoms with Crippen molar-refractivity contribution < 1.29 is 13.2 Å². The molecule has 0 spiro atoms. The van der Waals surface area contributed by atoms with Gasteiger partial charge in [-0.15, -0.1) is 0 Å². The van der Waals surface area contributed by atoms with E-state index in [2.05, 4.69) is 15.0 Å². The largest absolute Gasteiger partial charge is 0.338 e. The van der Waals surface area contributed by atoms with Crippen LogP contribution < -0.4 is 11.2 Å². The minimum atomic E-state index is -3.12. The highest BCUT2D eigenvalue weighted by atomic mass is 32.2. The van der Waals surface area contributed by atoms with Crippen LogP contribution in [0.15, 0.2) is 14.6 Å². The number of hydrogen-bond donors (Lipinski definition) is 1. The van der Waals surface area contributed by atoms with E-state index >= 15 is 0 Å². The minimum absolute atomic E-state index is 0.0143. The summed E-state index contributed by atoms with van der Waals surface area (Å²) in [5, 5.41) is 0.0506. The van der Waals surface area contributed by atoms with Crippen LogP contribution in [0.4, 0.5) is 0 Å². The van der Waals surface area contributed by atoms with Crippen molar-refractivity contribution in [3.05, 3.63) is 26.7 Å². The number of hydrogen-bond acceptors (Lipinski definition) is 8. The van der Waals surface area contributed by atoms with Crippen LogP contribution in [0.5, 0.6) is 0 Å². The van der Waals surface area contributed by atoms with E-state index in [-0.39, 0.29) is 40.8 Å². The Morgan fingerprint density at radius 2 is 1.94 bits per heavy atom. The molecule has 0 bridgehead atoms. The Labute approximate surface area is 195 Å². The first kappa shape index (κ1) is 22.6. The molecule has 2 saturated carbocycles. The molecule has 2 atom stereocenters. The normalized spacial score (nSPS) is 23.0. The summed E-state index contributed by atoms with van der Waals surface area (Å²) in [4.78, 5) is 51.9. The number of aromatic nitrogens is 4. The van der Waals surface area contributed by atoms with Gasteiger partial charge in [-0.05, 0) is 46.0 Å². The first-order valence-corrected chi connectivity index (χ1v) is 14.1. The minimum Gasteiger partial charge on any atom is -0.338 e. The van der Waals surface area contributed by atoms with Crippen molar-refractivity contribution in [3.8, 4) is 0 Å². The van der Waals surface area contributed by atoms with Gasteiger partial charge in [0.05, 0.1) is 16.8 Å². The van der Waals surface area contributed by atoms with Gasteiger partial charge in [0.25, 0.3) is 5.56 Å². The van der Waals surface area contributed by atoms with Crippen LogP contribution in [0.1, 0.15) is 63.7 Å². The number of H-pyrrole nitrogens is 1. The molecule has 3 fully saturated rings. The Balaban J connectivity index is 1.51. The molecule has 0 aromatic carbocycles. The Hall–Kier alpha value is -2.21. The van der Waals surface area contributed by atoms with Crippen molar-refractivity contribution in [2.45, 2.75) is 74.2 Å². The van der Waals surface area contributed by atoms with Crippen molar-refractivity contribution in [3.63, 3.8) is 0 Å². The van der Waals surface area contributed by atoms with Crippen LogP contribution in [0, 0.1) is 0 Å². The number of sulfone groups is 1. The van der Waals surface area contributed by atoms with Gasteiger partial charge in [-0.3, -0.25) is 19.1 Å². The zero-order chi connectivity index (χ0) is 23.5. The lowest BCUT2D eigenvalue weighted by molar-refractivity contribution is -0.131. The van der Waals surface area contributed by atoms with Gasteiger partial charge in [0, 0.05) is 24.5 Å². The second-order valence-corrected chi connectivity index (χ2v) is 12.7. The predicted molar refractivity (Wildman–Crippen MR) is 124 cm³/mol. The number of thioether (sulfide) groups is 1. The van der Waals surface area contributed by atoms with Crippen LogP contribution >= 0.6 is 11.8 Å². The number of carbonyl (C=O) groups is 1. The van der Waals surface area contributed by atoms with Crippen LogP contribution in [-0.4, -0.2) is 68.1 Å². The third-order valence-corrected chi connectivity index (χ3v) is 9.36. The zero-order valence-corrected chi connectivity index (χ0v) is 20.2. The highest BCUT2D eigenvalue weighted by molar-refractivity contribution is 8.00. The molecule has 3 aliphatic rings. The average Bonchev–Trinajstić information content (AvgIpc) is 3.66. The maximum atomic E-state index is 13.3. The fourth-order valence-electron chi connectivity index (χ4n) is 4.48.